The molecule has 1 aromatic rings. The van der Waals surface area contributed by atoms with Gasteiger partial charge < -0.3 is 20.1 Å². The summed E-state index contributed by atoms with van der Waals surface area (Å²) < 4.78 is 34.8. The highest BCUT2D eigenvalue weighted by molar-refractivity contribution is 5.82. The number of alkyl halides is 2. The molecule has 7 heteroatoms. The Kier molecular flexibility index (Phi) is 6.51. The molecule has 0 spiro atoms. The minimum absolute atomic E-state index is 0.0749. The number of nitrogens with two attached hydrogens (primary N) is 1. The number of carbonyl (C=O) groups is 1. The van der Waals surface area contributed by atoms with Gasteiger partial charge in [-0.1, -0.05) is 32.4 Å². The number of carbonyl (C=O) groups excluding carboxylic acids is 1. The molecule has 1 fully saturated rings. The number of hydrogen-bond donors (Lipinski definition) is 1. The Morgan fingerprint density at radius 1 is 1.50 bits per heavy atom. The molecule has 5 nitrogen and oxygen atoms in total. The lowest BCUT2D eigenvalue weighted by Crippen LogP contribution is -2.51. The van der Waals surface area contributed by atoms with Gasteiger partial charge in [-0.3, -0.25) is 4.79 Å². The second-order valence-electron chi connectivity index (χ2n) is 6.01. The van der Waals surface area contributed by atoms with E-state index in [2.05, 4.69) is 4.74 Å². The van der Waals surface area contributed by atoms with Crippen molar-refractivity contribution in [2.75, 3.05) is 19.7 Å². The van der Waals surface area contributed by atoms with Crippen LogP contribution in [0.1, 0.15) is 31.9 Å². The summed E-state index contributed by atoms with van der Waals surface area (Å²) in [5.74, 6) is 0.0741. The second-order valence-corrected chi connectivity index (χ2v) is 6.01. The minimum Gasteiger partial charge on any atom is -0.435 e. The van der Waals surface area contributed by atoms with Crippen molar-refractivity contribution in [3.8, 4) is 5.75 Å². The van der Waals surface area contributed by atoms with Gasteiger partial charge in [0.1, 0.15) is 11.9 Å². The molecule has 1 heterocycles. The van der Waals surface area contributed by atoms with Crippen LogP contribution in [0.4, 0.5) is 8.78 Å². The standard InChI is InChI=1S/C17H24F2N2O3/c1-3-11(2)15(20)16(22)21-7-8-23-14(10-21)12-5-4-6-13(9-12)24-17(18)19/h4-6,9,11,14-15,17H,3,7-8,10,20H2,1-2H3. The van der Waals surface area contributed by atoms with Crippen LogP contribution in [-0.4, -0.2) is 43.2 Å². The summed E-state index contributed by atoms with van der Waals surface area (Å²) in [6.07, 6.45) is 0.446. The average Bonchev–Trinajstić information content (AvgIpc) is 2.59. The van der Waals surface area contributed by atoms with E-state index in [0.29, 0.717) is 25.3 Å². The number of amides is 1. The van der Waals surface area contributed by atoms with Crippen molar-refractivity contribution in [2.24, 2.45) is 11.7 Å². The molecule has 3 unspecified atom stereocenters. The van der Waals surface area contributed by atoms with Crippen LogP contribution in [0.3, 0.4) is 0 Å². The maximum absolute atomic E-state index is 12.5. The molecule has 1 saturated heterocycles. The maximum Gasteiger partial charge on any atom is 0.387 e. The molecule has 1 amide bonds. The van der Waals surface area contributed by atoms with E-state index >= 15 is 0 Å². The van der Waals surface area contributed by atoms with Gasteiger partial charge in [-0.05, 0) is 23.6 Å². The topological polar surface area (TPSA) is 64.8 Å². The van der Waals surface area contributed by atoms with E-state index in [-0.39, 0.29) is 23.7 Å². The highest BCUT2D eigenvalue weighted by Crippen LogP contribution is 2.26. The van der Waals surface area contributed by atoms with E-state index in [1.807, 2.05) is 13.8 Å². The maximum atomic E-state index is 12.5. The van der Waals surface area contributed by atoms with Crippen molar-refractivity contribution >= 4 is 5.91 Å². The summed E-state index contributed by atoms with van der Waals surface area (Å²) in [4.78, 5) is 14.2. The zero-order chi connectivity index (χ0) is 17.7. The number of halogens is 2. The molecular weight excluding hydrogens is 318 g/mol. The van der Waals surface area contributed by atoms with Gasteiger partial charge in [0.15, 0.2) is 0 Å². The molecule has 0 radical (unpaired) electrons. The zero-order valence-corrected chi connectivity index (χ0v) is 14.0. The van der Waals surface area contributed by atoms with Crippen molar-refractivity contribution in [1.82, 2.24) is 4.90 Å². The van der Waals surface area contributed by atoms with Gasteiger partial charge in [0, 0.05) is 6.54 Å². The van der Waals surface area contributed by atoms with Crippen LogP contribution in [0, 0.1) is 5.92 Å². The Hall–Kier alpha value is -1.73. The first-order valence-electron chi connectivity index (χ1n) is 8.13. The summed E-state index contributed by atoms with van der Waals surface area (Å²) in [7, 11) is 0. The van der Waals surface area contributed by atoms with E-state index in [1.54, 1.807) is 17.0 Å². The largest absolute Gasteiger partial charge is 0.435 e. The number of benzene rings is 1. The smallest absolute Gasteiger partial charge is 0.387 e. The Labute approximate surface area is 140 Å². The molecule has 2 rings (SSSR count). The predicted octanol–water partition coefficient (Wildman–Crippen LogP) is 2.56. The third-order valence-corrected chi connectivity index (χ3v) is 4.38. The third kappa shape index (κ3) is 4.64. The summed E-state index contributed by atoms with van der Waals surface area (Å²) >= 11 is 0. The van der Waals surface area contributed by atoms with Gasteiger partial charge in [0.25, 0.3) is 0 Å². The normalized spacial score (nSPS) is 20.8. The summed E-state index contributed by atoms with van der Waals surface area (Å²) in [6, 6.07) is 5.83. The van der Waals surface area contributed by atoms with Crippen molar-refractivity contribution in [1.29, 1.82) is 0 Å². The summed E-state index contributed by atoms with van der Waals surface area (Å²) in [5, 5.41) is 0. The van der Waals surface area contributed by atoms with Gasteiger partial charge in [0.2, 0.25) is 5.91 Å². The van der Waals surface area contributed by atoms with E-state index in [9.17, 15) is 13.6 Å². The average molecular weight is 342 g/mol. The van der Waals surface area contributed by atoms with Crippen LogP contribution in [0.5, 0.6) is 5.75 Å². The molecule has 0 bridgehead atoms. The molecule has 3 atom stereocenters. The monoisotopic (exact) mass is 342 g/mol. The van der Waals surface area contributed by atoms with Crippen LogP contribution in [-0.2, 0) is 9.53 Å². The Balaban J connectivity index is 2.06. The fourth-order valence-electron chi connectivity index (χ4n) is 2.65. The van der Waals surface area contributed by atoms with Crippen LogP contribution in [0.15, 0.2) is 24.3 Å². The van der Waals surface area contributed by atoms with Crippen LogP contribution in [0.25, 0.3) is 0 Å². The summed E-state index contributed by atoms with van der Waals surface area (Å²) in [5.41, 5.74) is 6.73. The zero-order valence-electron chi connectivity index (χ0n) is 14.0. The van der Waals surface area contributed by atoms with E-state index in [0.717, 1.165) is 6.42 Å². The second kappa shape index (κ2) is 8.39. The molecule has 1 aliphatic heterocycles. The number of hydrogen-bond acceptors (Lipinski definition) is 4. The van der Waals surface area contributed by atoms with Crippen LogP contribution in [0.2, 0.25) is 0 Å². The van der Waals surface area contributed by atoms with Crippen molar-refractivity contribution in [3.05, 3.63) is 29.8 Å². The quantitative estimate of drug-likeness (QED) is 0.863. The number of nitrogens with zero attached hydrogens (tertiary/aromatic N) is 1. The fourth-order valence-corrected chi connectivity index (χ4v) is 2.65. The molecule has 1 aliphatic rings. The molecule has 24 heavy (non-hydrogen) atoms. The molecular formula is C17H24F2N2O3. The van der Waals surface area contributed by atoms with Crippen molar-refractivity contribution in [2.45, 2.75) is 39.0 Å². The minimum atomic E-state index is -2.88. The molecule has 0 saturated carbocycles. The van der Waals surface area contributed by atoms with Gasteiger partial charge in [0.05, 0.1) is 19.2 Å². The first kappa shape index (κ1) is 18.6. The van der Waals surface area contributed by atoms with Crippen molar-refractivity contribution < 1.29 is 23.0 Å². The Morgan fingerprint density at radius 3 is 2.92 bits per heavy atom. The van der Waals surface area contributed by atoms with E-state index in [4.69, 9.17) is 10.5 Å². The lowest BCUT2D eigenvalue weighted by molar-refractivity contribution is -0.141. The summed E-state index contributed by atoms with van der Waals surface area (Å²) in [6.45, 7) is 2.27. The van der Waals surface area contributed by atoms with Gasteiger partial charge in [-0.25, -0.2) is 0 Å². The van der Waals surface area contributed by atoms with E-state index < -0.39 is 12.7 Å². The number of ether oxygens (including phenoxy) is 2. The number of rotatable bonds is 6. The van der Waals surface area contributed by atoms with Gasteiger partial charge >= 0.3 is 6.61 Å². The Morgan fingerprint density at radius 2 is 2.25 bits per heavy atom. The lowest BCUT2D eigenvalue weighted by atomic mass is 9.98. The Bertz CT molecular complexity index is 556. The van der Waals surface area contributed by atoms with Crippen LogP contribution >= 0.6 is 0 Å². The molecule has 2 N–H and O–H groups in total. The molecule has 0 aromatic heterocycles. The number of morpholine rings is 1. The van der Waals surface area contributed by atoms with E-state index in [1.165, 1.54) is 12.1 Å². The lowest BCUT2D eigenvalue weighted by Gasteiger charge is -2.35. The molecule has 134 valence electrons. The van der Waals surface area contributed by atoms with Gasteiger partial charge in [-0.2, -0.15) is 8.78 Å². The third-order valence-electron chi connectivity index (χ3n) is 4.38. The van der Waals surface area contributed by atoms with Crippen molar-refractivity contribution in [3.63, 3.8) is 0 Å². The highest BCUT2D eigenvalue weighted by atomic mass is 19.3. The fraction of sp³-hybridized carbons (Fsp3) is 0.588. The van der Waals surface area contributed by atoms with Crippen LogP contribution < -0.4 is 10.5 Å². The SMILES string of the molecule is CCC(C)C(N)C(=O)N1CCOC(c2cccc(OC(F)F)c2)C1. The highest BCUT2D eigenvalue weighted by Gasteiger charge is 2.30. The molecule has 0 aliphatic carbocycles. The first-order chi connectivity index (χ1) is 11.4. The predicted molar refractivity (Wildman–Crippen MR) is 85.8 cm³/mol. The molecule has 1 aromatic carbocycles. The van der Waals surface area contributed by atoms with Gasteiger partial charge in [-0.15, -0.1) is 0 Å². The first-order valence-corrected chi connectivity index (χ1v) is 8.13.